The number of carbonyl (C=O) groups excluding carboxylic acids is 1. The molecule has 3 aromatic carbocycles. The van der Waals surface area contributed by atoms with E-state index in [1.807, 2.05) is 73.7 Å². The van der Waals surface area contributed by atoms with Crippen molar-refractivity contribution in [1.29, 1.82) is 0 Å². The average Bonchev–Trinajstić information content (AvgIpc) is 3.14. The van der Waals surface area contributed by atoms with Crippen LogP contribution in [-0.4, -0.2) is 12.6 Å². The fourth-order valence-electron chi connectivity index (χ4n) is 3.23. The zero-order chi connectivity index (χ0) is 22.5. The lowest BCUT2D eigenvalue weighted by molar-refractivity contribution is -0.130. The molecule has 4 rings (SSSR count). The first-order valence-electron chi connectivity index (χ1n) is 10.1. The van der Waals surface area contributed by atoms with Crippen molar-refractivity contribution in [3.8, 4) is 11.5 Å². The molecule has 1 aliphatic rings. The van der Waals surface area contributed by atoms with Crippen LogP contribution < -0.4 is 9.47 Å². The Morgan fingerprint density at radius 1 is 0.969 bits per heavy atom. The highest BCUT2D eigenvalue weighted by atomic mass is 79.9. The Morgan fingerprint density at radius 3 is 2.44 bits per heavy atom. The summed E-state index contributed by atoms with van der Waals surface area (Å²) < 4.78 is 19.0. The minimum absolute atomic E-state index is 0.388. The summed E-state index contributed by atoms with van der Waals surface area (Å²) >= 11 is 7.00. The maximum atomic E-state index is 12.4. The lowest BCUT2D eigenvalue weighted by Gasteiger charge is -2.15. The van der Waals surface area contributed by atoms with E-state index in [0.717, 1.165) is 25.6 Å². The summed E-state index contributed by atoms with van der Waals surface area (Å²) in [5.41, 5.74) is 3.17. The molecule has 0 N–H and O–H groups in total. The molecule has 0 atom stereocenters. The minimum Gasteiger partial charge on any atom is -0.490 e. The fourth-order valence-corrected chi connectivity index (χ4v) is 4.07. The maximum Gasteiger partial charge on any atom is 0.343 e. The number of carbonyl (C=O) groups is 1. The second-order valence-corrected chi connectivity index (χ2v) is 8.81. The van der Waals surface area contributed by atoms with Crippen LogP contribution in [0.2, 0.25) is 0 Å². The molecule has 0 fully saturated rings. The topological polar surface area (TPSA) is 44.8 Å². The lowest BCUT2D eigenvalue weighted by Crippen LogP contribution is -2.01. The standard InChI is InChI=1S/C26H20Br2O4/c1-2-30-24-14-18(13-22(28)25(24)31-16-17-6-4-3-5-7-17)12-20-15-23(32-26(20)29)19-8-10-21(27)11-9-19/h3-15H,2,16H2,1H3/b20-12+. The fraction of sp³-hybridized carbons (Fsp3) is 0.115. The van der Waals surface area contributed by atoms with Gasteiger partial charge in [-0.1, -0.05) is 58.4 Å². The molecule has 6 heteroatoms. The monoisotopic (exact) mass is 554 g/mol. The van der Waals surface area contributed by atoms with Crippen molar-refractivity contribution >= 4 is 49.7 Å². The predicted molar refractivity (Wildman–Crippen MR) is 132 cm³/mol. The molecule has 0 aliphatic carbocycles. The predicted octanol–water partition coefficient (Wildman–Crippen LogP) is 7.17. The second kappa shape index (κ2) is 10.2. The van der Waals surface area contributed by atoms with E-state index in [0.29, 0.717) is 36.0 Å². The molecule has 0 amide bonds. The van der Waals surface area contributed by atoms with Gasteiger partial charge in [0.05, 0.1) is 16.7 Å². The number of cyclic esters (lactones) is 1. The van der Waals surface area contributed by atoms with E-state index >= 15 is 0 Å². The van der Waals surface area contributed by atoms with Gasteiger partial charge in [0.1, 0.15) is 12.4 Å². The van der Waals surface area contributed by atoms with Crippen LogP contribution in [0.5, 0.6) is 11.5 Å². The Bertz CT molecular complexity index is 1180. The average molecular weight is 556 g/mol. The molecule has 1 heterocycles. The van der Waals surface area contributed by atoms with E-state index in [-0.39, 0.29) is 5.97 Å². The van der Waals surface area contributed by atoms with Crippen LogP contribution in [0, 0.1) is 0 Å². The highest BCUT2D eigenvalue weighted by Crippen LogP contribution is 2.38. The van der Waals surface area contributed by atoms with Crippen LogP contribution in [0.15, 0.2) is 87.3 Å². The van der Waals surface area contributed by atoms with Crippen LogP contribution in [0.25, 0.3) is 11.8 Å². The third kappa shape index (κ3) is 5.31. The van der Waals surface area contributed by atoms with Gasteiger partial charge in [-0.25, -0.2) is 4.79 Å². The van der Waals surface area contributed by atoms with Gasteiger partial charge in [0.15, 0.2) is 11.5 Å². The van der Waals surface area contributed by atoms with Gasteiger partial charge in [-0.2, -0.15) is 0 Å². The van der Waals surface area contributed by atoms with Gasteiger partial charge in [-0.3, -0.25) is 0 Å². The number of halogens is 2. The smallest absolute Gasteiger partial charge is 0.343 e. The van der Waals surface area contributed by atoms with Crippen molar-refractivity contribution in [1.82, 2.24) is 0 Å². The van der Waals surface area contributed by atoms with Gasteiger partial charge in [-0.05, 0) is 70.4 Å². The normalized spacial score (nSPS) is 14.3. The minimum atomic E-state index is -0.388. The Balaban J connectivity index is 1.61. The third-order valence-corrected chi connectivity index (χ3v) is 5.85. The molecule has 32 heavy (non-hydrogen) atoms. The summed E-state index contributed by atoms with van der Waals surface area (Å²) in [7, 11) is 0. The Hall–Kier alpha value is -2.83. The number of esters is 1. The van der Waals surface area contributed by atoms with E-state index in [4.69, 9.17) is 14.2 Å². The van der Waals surface area contributed by atoms with Crippen LogP contribution in [-0.2, 0) is 16.1 Å². The van der Waals surface area contributed by atoms with Crippen LogP contribution in [0.1, 0.15) is 23.6 Å². The molecule has 0 unspecified atom stereocenters. The Morgan fingerprint density at radius 2 is 1.72 bits per heavy atom. The summed E-state index contributed by atoms with van der Waals surface area (Å²) in [5.74, 6) is 1.37. The van der Waals surface area contributed by atoms with Crippen molar-refractivity contribution < 1.29 is 19.0 Å². The molecule has 162 valence electrons. The molecule has 0 saturated carbocycles. The van der Waals surface area contributed by atoms with Crippen LogP contribution >= 0.6 is 31.9 Å². The van der Waals surface area contributed by atoms with E-state index in [1.54, 1.807) is 12.2 Å². The van der Waals surface area contributed by atoms with Crippen LogP contribution in [0.3, 0.4) is 0 Å². The second-order valence-electron chi connectivity index (χ2n) is 7.04. The van der Waals surface area contributed by atoms with E-state index in [9.17, 15) is 4.79 Å². The zero-order valence-electron chi connectivity index (χ0n) is 17.3. The molecular weight excluding hydrogens is 536 g/mol. The van der Waals surface area contributed by atoms with Crippen molar-refractivity contribution in [3.05, 3.63) is 104 Å². The van der Waals surface area contributed by atoms with E-state index in [2.05, 4.69) is 31.9 Å². The first-order valence-corrected chi connectivity index (χ1v) is 11.7. The van der Waals surface area contributed by atoms with Gasteiger partial charge in [-0.15, -0.1) is 0 Å². The summed E-state index contributed by atoms with van der Waals surface area (Å²) in [6.07, 6.45) is 3.53. The number of rotatable bonds is 7. The summed E-state index contributed by atoms with van der Waals surface area (Å²) in [5, 5.41) is 0. The molecule has 0 radical (unpaired) electrons. The summed E-state index contributed by atoms with van der Waals surface area (Å²) in [6.45, 7) is 2.83. The quantitative estimate of drug-likeness (QED) is 0.229. The summed E-state index contributed by atoms with van der Waals surface area (Å²) in [4.78, 5) is 12.4. The Labute approximate surface area is 203 Å². The number of benzene rings is 3. The van der Waals surface area contributed by atoms with Gasteiger partial charge in [0, 0.05) is 10.0 Å². The van der Waals surface area contributed by atoms with Crippen molar-refractivity contribution in [2.45, 2.75) is 13.5 Å². The maximum absolute atomic E-state index is 12.4. The van der Waals surface area contributed by atoms with Gasteiger partial charge < -0.3 is 14.2 Å². The third-order valence-electron chi connectivity index (χ3n) is 4.73. The van der Waals surface area contributed by atoms with E-state index < -0.39 is 0 Å². The largest absolute Gasteiger partial charge is 0.490 e. The molecule has 4 nitrogen and oxygen atoms in total. The van der Waals surface area contributed by atoms with Crippen LogP contribution in [0.4, 0.5) is 0 Å². The number of hydrogen-bond donors (Lipinski definition) is 0. The number of hydrogen-bond acceptors (Lipinski definition) is 4. The zero-order valence-corrected chi connectivity index (χ0v) is 20.5. The lowest BCUT2D eigenvalue weighted by atomic mass is 10.1. The van der Waals surface area contributed by atoms with E-state index in [1.165, 1.54) is 0 Å². The highest BCUT2D eigenvalue weighted by molar-refractivity contribution is 9.10. The number of ether oxygens (including phenoxy) is 3. The van der Waals surface area contributed by atoms with Crippen molar-refractivity contribution in [2.24, 2.45) is 0 Å². The molecule has 3 aromatic rings. The molecular formula is C26H20Br2O4. The molecule has 1 aliphatic heterocycles. The first-order chi connectivity index (χ1) is 15.5. The highest BCUT2D eigenvalue weighted by Gasteiger charge is 2.22. The molecule has 0 spiro atoms. The van der Waals surface area contributed by atoms with Gasteiger partial charge in [0.2, 0.25) is 0 Å². The first kappa shape index (κ1) is 22.4. The molecule has 0 saturated heterocycles. The molecule has 0 aromatic heterocycles. The Kier molecular flexibility index (Phi) is 7.12. The van der Waals surface area contributed by atoms with Crippen molar-refractivity contribution in [2.75, 3.05) is 6.61 Å². The van der Waals surface area contributed by atoms with Gasteiger partial charge in [0.25, 0.3) is 0 Å². The van der Waals surface area contributed by atoms with Crippen molar-refractivity contribution in [3.63, 3.8) is 0 Å². The van der Waals surface area contributed by atoms with Gasteiger partial charge >= 0.3 is 5.97 Å². The SMILES string of the molecule is CCOc1cc(/C=C2\C=C(c3ccc(Br)cc3)OC2=O)cc(Br)c1OCc1ccccc1. The molecule has 0 bridgehead atoms. The summed E-state index contributed by atoms with van der Waals surface area (Å²) in [6, 6.07) is 21.3.